The van der Waals surface area contributed by atoms with Gasteiger partial charge in [0.05, 0.1) is 0 Å². The first-order valence-corrected chi connectivity index (χ1v) is 6.32. The zero-order valence-electron chi connectivity index (χ0n) is 10.6. The molecule has 1 heterocycles. The van der Waals surface area contributed by atoms with Gasteiger partial charge in [-0.05, 0) is 51.1 Å². The molecule has 98 valence electrons. The molecule has 0 bridgehead atoms. The molecule has 2 rings (SSSR count). The number of hydrogen-bond acceptors (Lipinski definition) is 3. The largest absolute Gasteiger partial charge is 0.489 e. The normalized spacial score (nSPS) is 15.9. The lowest BCUT2D eigenvalue weighted by atomic mass is 10.1. The Morgan fingerprint density at radius 3 is 2.72 bits per heavy atom. The fourth-order valence-electron chi connectivity index (χ4n) is 2.13. The maximum atomic E-state index is 13.6. The molecule has 0 radical (unpaired) electrons. The molecule has 0 unspecified atom stereocenters. The van der Waals surface area contributed by atoms with Crippen molar-refractivity contribution in [2.45, 2.75) is 19.8 Å². The first-order chi connectivity index (χ1) is 8.66. The van der Waals surface area contributed by atoms with E-state index in [9.17, 15) is 9.18 Å². The van der Waals surface area contributed by atoms with Crippen molar-refractivity contribution in [3.05, 3.63) is 29.6 Å². The van der Waals surface area contributed by atoms with Crippen LogP contribution in [0.2, 0.25) is 0 Å². The molecule has 1 fully saturated rings. The average molecular weight is 251 g/mol. The lowest BCUT2D eigenvalue weighted by Gasteiger charge is -2.15. The summed E-state index contributed by atoms with van der Waals surface area (Å²) in [7, 11) is 0. The topological polar surface area (TPSA) is 29.5 Å². The lowest BCUT2D eigenvalue weighted by Crippen LogP contribution is -2.25. The fourth-order valence-corrected chi connectivity index (χ4v) is 2.13. The van der Waals surface area contributed by atoms with Crippen molar-refractivity contribution in [2.75, 3.05) is 26.2 Å². The van der Waals surface area contributed by atoms with Crippen LogP contribution in [0.5, 0.6) is 5.75 Å². The molecule has 0 atom stereocenters. The van der Waals surface area contributed by atoms with Crippen LogP contribution in [0.15, 0.2) is 18.2 Å². The van der Waals surface area contributed by atoms with Gasteiger partial charge < -0.3 is 4.74 Å². The Kier molecular flexibility index (Phi) is 4.31. The lowest BCUT2D eigenvalue weighted by molar-refractivity contribution is 0.101. The highest BCUT2D eigenvalue weighted by Crippen LogP contribution is 2.18. The number of rotatable bonds is 5. The van der Waals surface area contributed by atoms with Crippen molar-refractivity contribution in [1.29, 1.82) is 0 Å². The van der Waals surface area contributed by atoms with E-state index in [1.165, 1.54) is 31.9 Å². The molecule has 1 aromatic rings. The number of ketones is 1. The van der Waals surface area contributed by atoms with E-state index in [4.69, 9.17) is 4.74 Å². The van der Waals surface area contributed by atoms with E-state index < -0.39 is 5.82 Å². The Morgan fingerprint density at radius 1 is 1.39 bits per heavy atom. The zero-order valence-corrected chi connectivity index (χ0v) is 10.6. The third-order valence-corrected chi connectivity index (χ3v) is 3.20. The van der Waals surface area contributed by atoms with Gasteiger partial charge in [-0.25, -0.2) is 4.39 Å². The van der Waals surface area contributed by atoms with Crippen LogP contribution in [0, 0.1) is 5.82 Å². The van der Waals surface area contributed by atoms with Gasteiger partial charge in [0.2, 0.25) is 0 Å². The monoisotopic (exact) mass is 251 g/mol. The molecule has 0 aliphatic carbocycles. The van der Waals surface area contributed by atoms with Gasteiger partial charge in [0.25, 0.3) is 0 Å². The van der Waals surface area contributed by atoms with Gasteiger partial charge in [0, 0.05) is 12.1 Å². The number of nitrogens with zero attached hydrogens (tertiary/aromatic N) is 1. The SMILES string of the molecule is CC(=O)c1ccc(OCCN2CCCC2)c(F)c1. The summed E-state index contributed by atoms with van der Waals surface area (Å²) in [5, 5.41) is 0. The predicted octanol–water partition coefficient (Wildman–Crippen LogP) is 2.50. The number of carbonyl (C=O) groups excluding carboxylic acids is 1. The summed E-state index contributed by atoms with van der Waals surface area (Å²) in [6.07, 6.45) is 2.48. The van der Waals surface area contributed by atoms with E-state index in [2.05, 4.69) is 4.90 Å². The molecule has 0 saturated carbocycles. The highest BCUT2D eigenvalue weighted by Gasteiger charge is 2.12. The summed E-state index contributed by atoms with van der Waals surface area (Å²) >= 11 is 0. The average Bonchev–Trinajstić information content (AvgIpc) is 2.84. The van der Waals surface area contributed by atoms with Crippen molar-refractivity contribution in [3.8, 4) is 5.75 Å². The number of carbonyl (C=O) groups is 1. The summed E-state index contributed by atoms with van der Waals surface area (Å²) < 4.78 is 19.0. The second kappa shape index (κ2) is 5.96. The third-order valence-electron chi connectivity index (χ3n) is 3.20. The standard InChI is InChI=1S/C14H18FNO2/c1-11(17)12-4-5-14(13(15)10-12)18-9-8-16-6-2-3-7-16/h4-5,10H,2-3,6-9H2,1H3. The Labute approximate surface area is 107 Å². The molecular formula is C14H18FNO2. The van der Waals surface area contributed by atoms with Crippen molar-refractivity contribution in [2.24, 2.45) is 0 Å². The van der Waals surface area contributed by atoms with E-state index in [1.807, 2.05) is 0 Å². The second-order valence-corrected chi connectivity index (χ2v) is 4.60. The van der Waals surface area contributed by atoms with Gasteiger partial charge in [-0.15, -0.1) is 0 Å². The van der Waals surface area contributed by atoms with Gasteiger partial charge >= 0.3 is 0 Å². The second-order valence-electron chi connectivity index (χ2n) is 4.60. The van der Waals surface area contributed by atoms with Crippen molar-refractivity contribution < 1.29 is 13.9 Å². The van der Waals surface area contributed by atoms with Gasteiger partial charge in [0.15, 0.2) is 17.3 Å². The van der Waals surface area contributed by atoms with Gasteiger partial charge in [-0.3, -0.25) is 9.69 Å². The molecule has 0 aromatic heterocycles. The molecule has 0 N–H and O–H groups in total. The van der Waals surface area contributed by atoms with Gasteiger partial charge in [0.1, 0.15) is 6.61 Å². The molecule has 18 heavy (non-hydrogen) atoms. The van der Waals surface area contributed by atoms with Crippen LogP contribution in [0.1, 0.15) is 30.1 Å². The summed E-state index contributed by atoms with van der Waals surface area (Å²) in [5.74, 6) is -0.388. The summed E-state index contributed by atoms with van der Waals surface area (Å²) in [5.41, 5.74) is 0.374. The third kappa shape index (κ3) is 3.29. The summed E-state index contributed by atoms with van der Waals surface area (Å²) in [6.45, 7) is 4.94. The smallest absolute Gasteiger partial charge is 0.165 e. The van der Waals surface area contributed by atoms with E-state index in [1.54, 1.807) is 6.07 Å². The molecule has 1 aliphatic rings. The van der Waals surface area contributed by atoms with E-state index >= 15 is 0 Å². The first kappa shape index (κ1) is 13.0. The van der Waals surface area contributed by atoms with Crippen LogP contribution in [-0.4, -0.2) is 36.9 Å². The first-order valence-electron chi connectivity index (χ1n) is 6.32. The molecule has 1 aromatic carbocycles. The minimum Gasteiger partial charge on any atom is -0.489 e. The van der Waals surface area contributed by atoms with Crippen LogP contribution in [-0.2, 0) is 0 Å². The number of halogens is 1. The number of hydrogen-bond donors (Lipinski definition) is 0. The Hall–Kier alpha value is -1.42. The van der Waals surface area contributed by atoms with Crippen LogP contribution in [0.25, 0.3) is 0 Å². The highest BCUT2D eigenvalue weighted by molar-refractivity contribution is 5.94. The molecule has 0 amide bonds. The Morgan fingerprint density at radius 2 is 2.11 bits per heavy atom. The van der Waals surface area contributed by atoms with E-state index in [-0.39, 0.29) is 11.5 Å². The Balaban J connectivity index is 1.87. The highest BCUT2D eigenvalue weighted by atomic mass is 19.1. The zero-order chi connectivity index (χ0) is 13.0. The van der Waals surface area contributed by atoms with E-state index in [0.29, 0.717) is 12.2 Å². The van der Waals surface area contributed by atoms with Gasteiger partial charge in [-0.2, -0.15) is 0 Å². The number of Topliss-reactive ketones (excluding diaryl/α,β-unsaturated/α-hetero) is 1. The minimum atomic E-state index is -0.468. The van der Waals surface area contributed by atoms with Crippen LogP contribution >= 0.6 is 0 Å². The molecular weight excluding hydrogens is 233 g/mol. The molecule has 4 heteroatoms. The quantitative estimate of drug-likeness (QED) is 0.753. The number of likely N-dealkylation sites (tertiary alicyclic amines) is 1. The molecule has 0 spiro atoms. The van der Waals surface area contributed by atoms with Crippen LogP contribution < -0.4 is 4.74 Å². The van der Waals surface area contributed by atoms with Crippen molar-refractivity contribution in [1.82, 2.24) is 4.90 Å². The summed E-state index contributed by atoms with van der Waals surface area (Å²) in [6, 6.07) is 4.35. The van der Waals surface area contributed by atoms with Crippen molar-refractivity contribution >= 4 is 5.78 Å². The molecule has 1 aliphatic heterocycles. The van der Waals surface area contributed by atoms with Crippen LogP contribution in [0.4, 0.5) is 4.39 Å². The van der Waals surface area contributed by atoms with E-state index in [0.717, 1.165) is 19.6 Å². The van der Waals surface area contributed by atoms with Gasteiger partial charge in [-0.1, -0.05) is 0 Å². The number of ether oxygens (including phenoxy) is 1. The number of benzene rings is 1. The summed E-state index contributed by atoms with van der Waals surface area (Å²) in [4.78, 5) is 13.4. The fraction of sp³-hybridized carbons (Fsp3) is 0.500. The minimum absolute atomic E-state index is 0.141. The Bertz CT molecular complexity index is 428. The molecule has 1 saturated heterocycles. The maximum Gasteiger partial charge on any atom is 0.165 e. The predicted molar refractivity (Wildman–Crippen MR) is 67.6 cm³/mol. The van der Waals surface area contributed by atoms with Crippen LogP contribution in [0.3, 0.4) is 0 Å². The maximum absolute atomic E-state index is 13.6. The molecule has 3 nitrogen and oxygen atoms in total. The van der Waals surface area contributed by atoms with Crippen molar-refractivity contribution in [3.63, 3.8) is 0 Å².